The zero-order valence-electron chi connectivity index (χ0n) is 16.0. The summed E-state index contributed by atoms with van der Waals surface area (Å²) in [5, 5.41) is 2.64. The highest BCUT2D eigenvalue weighted by atomic mass is 19.4. The van der Waals surface area contributed by atoms with Crippen LogP contribution in [-0.2, 0) is 20.3 Å². The summed E-state index contributed by atoms with van der Waals surface area (Å²) in [6, 6.07) is 3.29. The van der Waals surface area contributed by atoms with Crippen LogP contribution in [-0.4, -0.2) is 30.8 Å². The van der Waals surface area contributed by atoms with Gasteiger partial charge in [-0.05, 0) is 56.9 Å². The number of alkyl halides is 3. The Hall–Kier alpha value is -2.00. The summed E-state index contributed by atoms with van der Waals surface area (Å²) in [5.74, 6) is -0.277. The molecule has 1 amide bonds. The standard InChI is InChI=1S/C18H24BF3N2O3/c1-11(25)24-10-14(19-26-16(2,3)17(4,5)27-19)7-12-6-13(18(20,21)22)9-15(23)8-12/h6-9H,10,23H2,1-5H3,(H,24,25). The molecular weight excluding hydrogens is 360 g/mol. The summed E-state index contributed by atoms with van der Waals surface area (Å²) in [6.45, 7) is 8.89. The minimum atomic E-state index is -4.51. The van der Waals surface area contributed by atoms with Crippen LogP contribution in [0.4, 0.5) is 18.9 Å². The number of nitrogens with one attached hydrogen (secondary N) is 1. The van der Waals surface area contributed by atoms with Gasteiger partial charge in [0.05, 0.1) is 16.8 Å². The first-order valence-electron chi connectivity index (χ1n) is 8.49. The highest BCUT2D eigenvalue weighted by Crippen LogP contribution is 2.39. The molecule has 0 spiro atoms. The summed E-state index contributed by atoms with van der Waals surface area (Å²) in [6.07, 6.45) is -3.01. The Morgan fingerprint density at radius 3 is 2.22 bits per heavy atom. The zero-order chi connectivity index (χ0) is 20.6. The molecule has 2 rings (SSSR count). The molecule has 1 heterocycles. The first kappa shape index (κ1) is 21.3. The summed E-state index contributed by atoms with van der Waals surface area (Å²) in [5.41, 5.74) is 4.26. The molecule has 1 aliphatic heterocycles. The number of carbonyl (C=O) groups is 1. The van der Waals surface area contributed by atoms with Crippen molar-refractivity contribution < 1.29 is 27.3 Å². The van der Waals surface area contributed by atoms with Gasteiger partial charge in [-0.25, -0.2) is 0 Å². The van der Waals surface area contributed by atoms with E-state index in [0.29, 0.717) is 5.47 Å². The van der Waals surface area contributed by atoms with Gasteiger partial charge in [-0.1, -0.05) is 6.08 Å². The summed E-state index contributed by atoms with van der Waals surface area (Å²) < 4.78 is 51.1. The van der Waals surface area contributed by atoms with Crippen LogP contribution < -0.4 is 11.1 Å². The van der Waals surface area contributed by atoms with E-state index in [-0.39, 0.29) is 23.7 Å². The molecular formula is C18H24BF3N2O3. The highest BCUT2D eigenvalue weighted by molar-refractivity contribution is 6.56. The molecule has 1 aromatic carbocycles. The number of halogens is 3. The maximum Gasteiger partial charge on any atom is 0.492 e. The van der Waals surface area contributed by atoms with E-state index in [1.165, 1.54) is 19.1 Å². The lowest BCUT2D eigenvalue weighted by molar-refractivity contribution is -0.137. The van der Waals surface area contributed by atoms with Crippen molar-refractivity contribution in [3.8, 4) is 0 Å². The van der Waals surface area contributed by atoms with Crippen LogP contribution >= 0.6 is 0 Å². The van der Waals surface area contributed by atoms with Gasteiger partial charge in [-0.2, -0.15) is 13.2 Å². The molecule has 1 aliphatic rings. The molecule has 148 valence electrons. The average Bonchev–Trinajstić information content (AvgIpc) is 2.70. The average molecular weight is 384 g/mol. The quantitative estimate of drug-likeness (QED) is 0.616. The SMILES string of the molecule is CC(=O)NCC(=Cc1cc(N)cc(C(F)(F)F)c1)B1OC(C)(C)C(C)(C)O1. The summed E-state index contributed by atoms with van der Waals surface area (Å²) in [4.78, 5) is 11.3. The Kier molecular flexibility index (Phi) is 5.68. The molecule has 27 heavy (non-hydrogen) atoms. The van der Waals surface area contributed by atoms with E-state index in [1.54, 1.807) is 0 Å². The van der Waals surface area contributed by atoms with E-state index in [4.69, 9.17) is 15.0 Å². The fraction of sp³-hybridized carbons (Fsp3) is 0.500. The Bertz CT molecular complexity index is 745. The number of rotatable bonds is 4. The lowest BCUT2D eigenvalue weighted by Crippen LogP contribution is -2.41. The highest BCUT2D eigenvalue weighted by Gasteiger charge is 2.52. The van der Waals surface area contributed by atoms with Crippen LogP contribution in [0.5, 0.6) is 0 Å². The first-order chi connectivity index (χ1) is 12.2. The van der Waals surface area contributed by atoms with Crippen molar-refractivity contribution in [3.05, 3.63) is 34.8 Å². The molecule has 0 aromatic heterocycles. The van der Waals surface area contributed by atoms with E-state index < -0.39 is 30.1 Å². The summed E-state index contributed by atoms with van der Waals surface area (Å²) in [7, 11) is -0.808. The second kappa shape index (κ2) is 7.20. The van der Waals surface area contributed by atoms with E-state index in [1.807, 2.05) is 27.7 Å². The number of amides is 1. The largest absolute Gasteiger partial charge is 0.492 e. The van der Waals surface area contributed by atoms with Gasteiger partial charge >= 0.3 is 13.3 Å². The molecule has 0 radical (unpaired) electrons. The number of anilines is 1. The van der Waals surface area contributed by atoms with Crippen molar-refractivity contribution in [2.24, 2.45) is 0 Å². The van der Waals surface area contributed by atoms with E-state index in [0.717, 1.165) is 12.1 Å². The van der Waals surface area contributed by atoms with Crippen molar-refractivity contribution in [1.29, 1.82) is 0 Å². The molecule has 1 saturated heterocycles. The maximum absolute atomic E-state index is 13.1. The summed E-state index contributed by atoms with van der Waals surface area (Å²) >= 11 is 0. The van der Waals surface area contributed by atoms with Crippen LogP contribution in [0.1, 0.15) is 45.7 Å². The third kappa shape index (κ3) is 5.04. The second-order valence-corrected chi connectivity index (χ2v) is 7.60. The predicted molar refractivity (Wildman–Crippen MR) is 98.6 cm³/mol. The molecule has 0 saturated carbocycles. The van der Waals surface area contributed by atoms with Crippen molar-refractivity contribution in [2.75, 3.05) is 12.3 Å². The minimum absolute atomic E-state index is 0.0103. The Labute approximate surface area is 157 Å². The van der Waals surface area contributed by atoms with Crippen molar-refractivity contribution in [2.45, 2.75) is 52.0 Å². The Morgan fingerprint density at radius 2 is 1.74 bits per heavy atom. The third-order valence-corrected chi connectivity index (χ3v) is 4.75. The molecule has 9 heteroatoms. The second-order valence-electron chi connectivity index (χ2n) is 7.60. The molecule has 0 atom stereocenters. The molecule has 0 bridgehead atoms. The van der Waals surface area contributed by atoms with Gasteiger partial charge in [0.2, 0.25) is 5.91 Å². The van der Waals surface area contributed by atoms with Crippen LogP contribution in [0.25, 0.3) is 6.08 Å². The van der Waals surface area contributed by atoms with E-state index in [2.05, 4.69) is 5.32 Å². The van der Waals surface area contributed by atoms with Crippen LogP contribution in [0.3, 0.4) is 0 Å². The van der Waals surface area contributed by atoms with Gasteiger partial charge in [-0.3, -0.25) is 4.79 Å². The van der Waals surface area contributed by atoms with Crippen LogP contribution in [0.2, 0.25) is 0 Å². The van der Waals surface area contributed by atoms with Crippen LogP contribution in [0.15, 0.2) is 23.7 Å². The number of benzene rings is 1. The zero-order valence-corrected chi connectivity index (χ0v) is 16.0. The first-order valence-corrected chi connectivity index (χ1v) is 8.49. The van der Waals surface area contributed by atoms with Gasteiger partial charge in [0.15, 0.2) is 0 Å². The molecule has 0 unspecified atom stereocenters. The van der Waals surface area contributed by atoms with Gasteiger partial charge in [0, 0.05) is 19.2 Å². The maximum atomic E-state index is 13.1. The van der Waals surface area contributed by atoms with Crippen LogP contribution in [0, 0.1) is 0 Å². The van der Waals surface area contributed by atoms with Gasteiger partial charge in [-0.15, -0.1) is 0 Å². The predicted octanol–water partition coefficient (Wildman–Crippen LogP) is 3.44. The monoisotopic (exact) mass is 384 g/mol. The lowest BCUT2D eigenvalue weighted by atomic mass is 9.77. The van der Waals surface area contributed by atoms with Gasteiger partial charge in [0.25, 0.3) is 0 Å². The number of hydrogen-bond acceptors (Lipinski definition) is 4. The van der Waals surface area contributed by atoms with Gasteiger partial charge < -0.3 is 20.4 Å². The van der Waals surface area contributed by atoms with Crippen molar-refractivity contribution in [3.63, 3.8) is 0 Å². The normalized spacial score (nSPS) is 19.3. The van der Waals surface area contributed by atoms with E-state index in [9.17, 15) is 18.0 Å². The third-order valence-electron chi connectivity index (χ3n) is 4.75. The number of nitrogens with two attached hydrogens (primary N) is 1. The van der Waals surface area contributed by atoms with Gasteiger partial charge in [0.1, 0.15) is 0 Å². The number of nitrogen functional groups attached to an aromatic ring is 1. The molecule has 3 N–H and O–H groups in total. The number of hydrogen-bond donors (Lipinski definition) is 2. The molecule has 0 aliphatic carbocycles. The fourth-order valence-corrected chi connectivity index (χ4v) is 2.56. The Balaban J connectivity index is 2.43. The molecule has 1 fully saturated rings. The van der Waals surface area contributed by atoms with Crippen molar-refractivity contribution in [1.82, 2.24) is 5.32 Å². The minimum Gasteiger partial charge on any atom is -0.400 e. The molecule has 5 nitrogen and oxygen atoms in total. The van der Waals surface area contributed by atoms with Crippen molar-refractivity contribution >= 4 is 24.8 Å². The smallest absolute Gasteiger partial charge is 0.400 e. The number of carbonyl (C=O) groups excluding carboxylic acids is 1. The Morgan fingerprint density at radius 1 is 1.19 bits per heavy atom. The topological polar surface area (TPSA) is 73.6 Å². The lowest BCUT2D eigenvalue weighted by Gasteiger charge is -2.32. The molecule has 1 aromatic rings. The van der Waals surface area contributed by atoms with E-state index >= 15 is 0 Å². The fourth-order valence-electron chi connectivity index (χ4n) is 2.56.